The first kappa shape index (κ1) is 13.8. The molecule has 0 saturated heterocycles. The van der Waals surface area contributed by atoms with E-state index in [9.17, 15) is 4.79 Å². The van der Waals surface area contributed by atoms with Crippen LogP contribution in [-0.2, 0) is 30.7 Å². The average molecular weight is 284 g/mol. The monoisotopic (exact) mass is 284 g/mol. The van der Waals surface area contributed by atoms with Crippen LogP contribution in [0, 0.1) is 6.92 Å². The molecule has 5 nitrogen and oxygen atoms in total. The van der Waals surface area contributed by atoms with Gasteiger partial charge in [0.15, 0.2) is 0 Å². The first-order chi connectivity index (χ1) is 10.2. The zero-order valence-electron chi connectivity index (χ0n) is 12.3. The molecule has 2 aromatic heterocycles. The molecule has 2 aromatic rings. The van der Waals surface area contributed by atoms with E-state index in [1.807, 2.05) is 19.2 Å². The molecule has 0 bridgehead atoms. The van der Waals surface area contributed by atoms with Crippen molar-refractivity contribution in [3.8, 4) is 0 Å². The maximum absolute atomic E-state index is 11.9. The van der Waals surface area contributed by atoms with Crippen molar-refractivity contribution in [1.82, 2.24) is 20.1 Å². The number of pyridine rings is 1. The third kappa shape index (κ3) is 3.48. The highest BCUT2D eigenvalue weighted by molar-refractivity contribution is 5.75. The van der Waals surface area contributed by atoms with E-state index in [0.717, 1.165) is 24.1 Å². The van der Waals surface area contributed by atoms with Gasteiger partial charge in [0.1, 0.15) is 6.54 Å². The molecule has 0 aliphatic heterocycles. The number of carbonyl (C=O) groups excluding carboxylic acids is 1. The van der Waals surface area contributed by atoms with Crippen molar-refractivity contribution in [3.05, 3.63) is 47.0 Å². The fourth-order valence-corrected chi connectivity index (χ4v) is 2.67. The Bertz CT molecular complexity index is 647. The predicted molar refractivity (Wildman–Crippen MR) is 79.7 cm³/mol. The average Bonchev–Trinajstić information content (AvgIpc) is 2.90. The number of fused-ring (bicyclic) bond motifs is 1. The first-order valence-electron chi connectivity index (χ1n) is 7.44. The molecule has 1 N–H and O–H groups in total. The van der Waals surface area contributed by atoms with Crippen LogP contribution in [0.2, 0.25) is 0 Å². The molecule has 0 unspecified atom stereocenters. The Balaban J connectivity index is 1.56. The van der Waals surface area contributed by atoms with E-state index >= 15 is 0 Å². The summed E-state index contributed by atoms with van der Waals surface area (Å²) in [7, 11) is 0. The number of rotatable bonds is 4. The maximum atomic E-state index is 11.9. The molecule has 0 atom stereocenters. The van der Waals surface area contributed by atoms with Crippen molar-refractivity contribution < 1.29 is 4.79 Å². The molecule has 3 rings (SSSR count). The largest absolute Gasteiger partial charge is 0.349 e. The molecule has 110 valence electrons. The lowest BCUT2D eigenvalue weighted by molar-refractivity contribution is -0.122. The second-order valence-electron chi connectivity index (χ2n) is 5.61. The van der Waals surface area contributed by atoms with Crippen LogP contribution >= 0.6 is 0 Å². The van der Waals surface area contributed by atoms with E-state index in [2.05, 4.69) is 21.5 Å². The highest BCUT2D eigenvalue weighted by Gasteiger charge is 2.11. The topological polar surface area (TPSA) is 59.8 Å². The zero-order chi connectivity index (χ0) is 14.7. The molecule has 0 saturated carbocycles. The lowest BCUT2D eigenvalue weighted by atomic mass is 9.96. The normalized spacial score (nSPS) is 13.8. The molecule has 0 fully saturated rings. The Morgan fingerprint density at radius 1 is 1.33 bits per heavy atom. The predicted octanol–water partition coefficient (Wildman–Crippen LogP) is 1.78. The molecule has 0 radical (unpaired) electrons. The van der Waals surface area contributed by atoms with E-state index in [1.165, 1.54) is 24.1 Å². The number of aromatic nitrogens is 3. The Labute approximate surface area is 124 Å². The number of aryl methyl sites for hydroxylation is 3. The minimum Gasteiger partial charge on any atom is -0.349 e. The lowest BCUT2D eigenvalue weighted by Gasteiger charge is -2.15. The van der Waals surface area contributed by atoms with Crippen LogP contribution in [-0.4, -0.2) is 20.7 Å². The quantitative estimate of drug-likeness (QED) is 0.931. The van der Waals surface area contributed by atoms with E-state index in [-0.39, 0.29) is 12.5 Å². The van der Waals surface area contributed by atoms with Gasteiger partial charge in [-0.25, -0.2) is 0 Å². The summed E-state index contributed by atoms with van der Waals surface area (Å²) in [6.07, 6.45) is 8.27. The summed E-state index contributed by atoms with van der Waals surface area (Å²) in [4.78, 5) is 16.5. The van der Waals surface area contributed by atoms with Gasteiger partial charge >= 0.3 is 0 Å². The van der Waals surface area contributed by atoms with Gasteiger partial charge < -0.3 is 5.32 Å². The van der Waals surface area contributed by atoms with Crippen LogP contribution in [0.4, 0.5) is 0 Å². The fourth-order valence-electron chi connectivity index (χ4n) is 2.67. The van der Waals surface area contributed by atoms with Crippen LogP contribution in [0.5, 0.6) is 0 Å². The summed E-state index contributed by atoms with van der Waals surface area (Å²) in [5, 5.41) is 7.01. The number of hydrogen-bond acceptors (Lipinski definition) is 3. The van der Waals surface area contributed by atoms with E-state index in [4.69, 9.17) is 0 Å². The van der Waals surface area contributed by atoms with Crippen molar-refractivity contribution >= 4 is 5.91 Å². The molecule has 1 aliphatic rings. The summed E-state index contributed by atoms with van der Waals surface area (Å²) < 4.78 is 1.64. The molecule has 5 heteroatoms. The number of amides is 1. The van der Waals surface area contributed by atoms with Crippen molar-refractivity contribution in [1.29, 1.82) is 0 Å². The minimum absolute atomic E-state index is 0.0439. The molecule has 1 amide bonds. The molecular formula is C16H20N4O. The number of nitrogens with one attached hydrogen (secondary N) is 1. The smallest absolute Gasteiger partial charge is 0.242 e. The fraction of sp³-hybridized carbons (Fsp3) is 0.438. The molecule has 2 heterocycles. The van der Waals surface area contributed by atoms with Gasteiger partial charge in [0.25, 0.3) is 0 Å². The van der Waals surface area contributed by atoms with Gasteiger partial charge in [-0.3, -0.25) is 14.5 Å². The molecule has 1 aliphatic carbocycles. The summed E-state index contributed by atoms with van der Waals surface area (Å²) in [6.45, 7) is 2.68. The second-order valence-corrected chi connectivity index (χ2v) is 5.61. The van der Waals surface area contributed by atoms with Gasteiger partial charge in [-0.05, 0) is 49.8 Å². The van der Waals surface area contributed by atoms with Gasteiger partial charge in [0.2, 0.25) is 5.91 Å². The number of nitrogens with zero attached hydrogens (tertiary/aromatic N) is 3. The van der Waals surface area contributed by atoms with E-state index < -0.39 is 0 Å². The minimum atomic E-state index is -0.0439. The summed E-state index contributed by atoms with van der Waals surface area (Å²) in [5.41, 5.74) is 4.55. The SMILES string of the molecule is Cc1cnn(CC(=O)NCc2ccc3c(n2)CCCC3)c1. The number of carbonyl (C=O) groups is 1. The van der Waals surface area contributed by atoms with Gasteiger partial charge in [-0.15, -0.1) is 0 Å². The van der Waals surface area contributed by atoms with E-state index in [0.29, 0.717) is 6.54 Å². The van der Waals surface area contributed by atoms with Gasteiger partial charge in [0.05, 0.1) is 18.4 Å². The Morgan fingerprint density at radius 2 is 2.19 bits per heavy atom. The third-order valence-corrected chi connectivity index (χ3v) is 3.77. The standard InChI is InChI=1S/C16H20N4O/c1-12-8-18-20(10-12)11-16(21)17-9-14-7-6-13-4-2-3-5-15(13)19-14/h6-8,10H,2-5,9,11H2,1H3,(H,17,21). The van der Waals surface area contributed by atoms with Crippen LogP contribution in [0.1, 0.15) is 35.4 Å². The zero-order valence-corrected chi connectivity index (χ0v) is 12.3. The Morgan fingerprint density at radius 3 is 3.00 bits per heavy atom. The molecule has 21 heavy (non-hydrogen) atoms. The van der Waals surface area contributed by atoms with Crippen LogP contribution < -0.4 is 5.32 Å². The highest BCUT2D eigenvalue weighted by Crippen LogP contribution is 2.19. The Kier molecular flexibility index (Phi) is 3.99. The molecule has 0 aromatic carbocycles. The van der Waals surface area contributed by atoms with Gasteiger partial charge in [0, 0.05) is 11.9 Å². The van der Waals surface area contributed by atoms with Crippen molar-refractivity contribution in [2.24, 2.45) is 0 Å². The van der Waals surface area contributed by atoms with Crippen molar-refractivity contribution in [2.75, 3.05) is 0 Å². The van der Waals surface area contributed by atoms with Gasteiger partial charge in [-0.1, -0.05) is 6.07 Å². The maximum Gasteiger partial charge on any atom is 0.242 e. The number of hydrogen-bond donors (Lipinski definition) is 1. The van der Waals surface area contributed by atoms with Crippen molar-refractivity contribution in [3.63, 3.8) is 0 Å². The van der Waals surface area contributed by atoms with Crippen LogP contribution in [0.3, 0.4) is 0 Å². The lowest BCUT2D eigenvalue weighted by Crippen LogP contribution is -2.27. The summed E-state index contributed by atoms with van der Waals surface area (Å²) in [6, 6.07) is 4.17. The summed E-state index contributed by atoms with van der Waals surface area (Å²) >= 11 is 0. The summed E-state index contributed by atoms with van der Waals surface area (Å²) in [5.74, 6) is -0.0439. The Hall–Kier alpha value is -2.17. The van der Waals surface area contributed by atoms with Crippen molar-refractivity contribution in [2.45, 2.75) is 45.7 Å². The van der Waals surface area contributed by atoms with Gasteiger partial charge in [-0.2, -0.15) is 5.10 Å². The second kappa shape index (κ2) is 6.08. The van der Waals surface area contributed by atoms with Crippen LogP contribution in [0.15, 0.2) is 24.5 Å². The highest BCUT2D eigenvalue weighted by atomic mass is 16.2. The van der Waals surface area contributed by atoms with E-state index in [1.54, 1.807) is 10.9 Å². The molecular weight excluding hydrogens is 264 g/mol. The molecule has 0 spiro atoms. The first-order valence-corrected chi connectivity index (χ1v) is 7.44. The van der Waals surface area contributed by atoms with Crippen LogP contribution in [0.25, 0.3) is 0 Å². The third-order valence-electron chi connectivity index (χ3n) is 3.77.